The molecular weight excluding hydrogens is 308 g/mol. The molecule has 1 saturated heterocycles. The third-order valence-electron chi connectivity index (χ3n) is 3.14. The quantitative estimate of drug-likeness (QED) is 0.739. The minimum atomic E-state index is -0.859. The summed E-state index contributed by atoms with van der Waals surface area (Å²) >= 11 is 1.31. The van der Waals surface area contributed by atoms with Crippen molar-refractivity contribution in [2.45, 2.75) is 13.3 Å². The van der Waals surface area contributed by atoms with Crippen molar-refractivity contribution in [2.75, 3.05) is 24.5 Å². The molecule has 1 aromatic rings. The lowest BCUT2D eigenvalue weighted by atomic mass is 10.3. The van der Waals surface area contributed by atoms with E-state index in [9.17, 15) is 19.2 Å². The first-order chi connectivity index (χ1) is 10.4. The second kappa shape index (κ2) is 6.56. The van der Waals surface area contributed by atoms with Crippen molar-refractivity contribution in [1.29, 1.82) is 0 Å². The molecule has 0 unspecified atom stereocenters. The van der Waals surface area contributed by atoms with Crippen LogP contribution >= 0.6 is 11.3 Å². The minimum absolute atomic E-state index is 0.0987. The van der Waals surface area contributed by atoms with Crippen molar-refractivity contribution in [2.24, 2.45) is 5.73 Å². The molecule has 2 rings (SSSR count). The number of urea groups is 1. The van der Waals surface area contributed by atoms with Gasteiger partial charge in [-0.15, -0.1) is 11.3 Å². The van der Waals surface area contributed by atoms with Gasteiger partial charge in [-0.2, -0.15) is 0 Å². The van der Waals surface area contributed by atoms with Gasteiger partial charge in [-0.25, -0.2) is 4.79 Å². The molecule has 1 fully saturated rings. The molecule has 5 amide bonds. The van der Waals surface area contributed by atoms with E-state index in [2.05, 4.69) is 5.32 Å². The molecule has 118 valence electrons. The second-order valence-corrected chi connectivity index (χ2v) is 5.65. The Kier molecular flexibility index (Phi) is 4.76. The third-order valence-corrected chi connectivity index (χ3v) is 4.06. The van der Waals surface area contributed by atoms with Gasteiger partial charge in [0.2, 0.25) is 5.91 Å². The molecule has 3 N–H and O–H groups in total. The average molecular weight is 324 g/mol. The summed E-state index contributed by atoms with van der Waals surface area (Å²) in [6.45, 7) is 2.47. The van der Waals surface area contributed by atoms with Gasteiger partial charge in [-0.05, 0) is 13.0 Å². The lowest BCUT2D eigenvalue weighted by Crippen LogP contribution is -2.57. The van der Waals surface area contributed by atoms with E-state index in [1.54, 1.807) is 18.4 Å². The zero-order valence-electron chi connectivity index (χ0n) is 12.0. The molecule has 1 aliphatic heterocycles. The summed E-state index contributed by atoms with van der Waals surface area (Å²) in [4.78, 5) is 49.6. The van der Waals surface area contributed by atoms with Gasteiger partial charge >= 0.3 is 17.8 Å². The molecule has 1 aromatic heterocycles. The van der Waals surface area contributed by atoms with Crippen molar-refractivity contribution >= 4 is 40.8 Å². The number of nitrogens with zero attached hydrogens (tertiary/aromatic N) is 2. The molecule has 9 heteroatoms. The standard InChI is InChI=1S/C13H16N4O4S/c1-2-16(8-5-9(22-7-8)6-10(14)18)13(21)17-4-3-15-11(19)12(17)20/h5,7H,2-4,6H2,1H3,(H2,14,18)(H,15,19). The highest BCUT2D eigenvalue weighted by atomic mass is 32.1. The Morgan fingerprint density at radius 2 is 2.18 bits per heavy atom. The number of thiophene rings is 1. The summed E-state index contributed by atoms with van der Waals surface area (Å²) in [5.74, 6) is -2.09. The van der Waals surface area contributed by atoms with Gasteiger partial charge in [0.15, 0.2) is 0 Å². The predicted octanol–water partition coefficient (Wildman–Crippen LogP) is -0.319. The first-order valence-electron chi connectivity index (χ1n) is 6.71. The van der Waals surface area contributed by atoms with E-state index in [1.165, 1.54) is 16.2 Å². The van der Waals surface area contributed by atoms with Crippen molar-refractivity contribution in [3.63, 3.8) is 0 Å². The number of primary amides is 1. The molecule has 0 aliphatic carbocycles. The topological polar surface area (TPSA) is 113 Å². The molecule has 0 saturated carbocycles. The van der Waals surface area contributed by atoms with Crippen LogP contribution in [0.25, 0.3) is 0 Å². The van der Waals surface area contributed by atoms with Crippen molar-refractivity contribution < 1.29 is 19.2 Å². The van der Waals surface area contributed by atoms with Crippen LogP contribution in [0.5, 0.6) is 0 Å². The Hall–Kier alpha value is -2.42. The summed E-state index contributed by atoms with van der Waals surface area (Å²) < 4.78 is 0. The number of amides is 5. The Morgan fingerprint density at radius 3 is 2.82 bits per heavy atom. The Bertz CT molecular complexity index is 627. The number of nitrogens with two attached hydrogens (primary N) is 1. The van der Waals surface area contributed by atoms with E-state index in [1.807, 2.05) is 0 Å². The molecule has 1 aliphatic rings. The number of nitrogens with one attached hydrogen (secondary N) is 1. The van der Waals surface area contributed by atoms with Crippen LogP contribution in [0, 0.1) is 0 Å². The van der Waals surface area contributed by atoms with Crippen LogP contribution in [-0.4, -0.2) is 48.3 Å². The first kappa shape index (κ1) is 16.0. The monoisotopic (exact) mass is 324 g/mol. The lowest BCUT2D eigenvalue weighted by molar-refractivity contribution is -0.145. The first-order valence-corrected chi connectivity index (χ1v) is 7.59. The number of carbonyl (C=O) groups excluding carboxylic acids is 4. The Balaban J connectivity index is 2.18. The van der Waals surface area contributed by atoms with Crippen LogP contribution in [0.3, 0.4) is 0 Å². The molecule has 22 heavy (non-hydrogen) atoms. The predicted molar refractivity (Wildman–Crippen MR) is 80.4 cm³/mol. The van der Waals surface area contributed by atoms with Gasteiger partial charge in [0.05, 0.1) is 12.1 Å². The van der Waals surface area contributed by atoms with Gasteiger partial charge in [0.1, 0.15) is 0 Å². The number of piperazine rings is 1. The van der Waals surface area contributed by atoms with Gasteiger partial charge < -0.3 is 11.1 Å². The smallest absolute Gasteiger partial charge is 0.331 e. The van der Waals surface area contributed by atoms with E-state index in [0.29, 0.717) is 12.2 Å². The molecule has 2 heterocycles. The van der Waals surface area contributed by atoms with E-state index < -0.39 is 23.8 Å². The fraction of sp³-hybridized carbons (Fsp3) is 0.385. The highest BCUT2D eigenvalue weighted by Gasteiger charge is 2.34. The summed E-state index contributed by atoms with van der Waals surface area (Å²) in [6, 6.07) is 1.14. The maximum atomic E-state index is 12.5. The fourth-order valence-corrected chi connectivity index (χ4v) is 2.99. The number of imide groups is 1. The van der Waals surface area contributed by atoms with E-state index >= 15 is 0 Å². The van der Waals surface area contributed by atoms with E-state index in [0.717, 1.165) is 9.78 Å². The van der Waals surface area contributed by atoms with E-state index in [-0.39, 0.29) is 19.5 Å². The number of anilines is 1. The Labute approximate surface area is 130 Å². The maximum absolute atomic E-state index is 12.5. The average Bonchev–Trinajstić information content (AvgIpc) is 2.90. The molecular formula is C13H16N4O4S. The van der Waals surface area contributed by atoms with Crippen LogP contribution in [0.15, 0.2) is 11.4 Å². The largest absolute Gasteiger partial charge is 0.369 e. The summed E-state index contributed by atoms with van der Waals surface area (Å²) in [7, 11) is 0. The Morgan fingerprint density at radius 1 is 1.45 bits per heavy atom. The van der Waals surface area contributed by atoms with Crippen LogP contribution < -0.4 is 16.0 Å². The summed E-state index contributed by atoms with van der Waals surface area (Å²) in [6.07, 6.45) is 0.0987. The highest BCUT2D eigenvalue weighted by Crippen LogP contribution is 2.24. The number of rotatable bonds is 4. The lowest BCUT2D eigenvalue weighted by Gasteiger charge is -2.30. The summed E-state index contributed by atoms with van der Waals surface area (Å²) in [5.41, 5.74) is 5.72. The highest BCUT2D eigenvalue weighted by molar-refractivity contribution is 7.10. The molecule has 8 nitrogen and oxygen atoms in total. The zero-order valence-corrected chi connectivity index (χ0v) is 12.8. The van der Waals surface area contributed by atoms with Crippen LogP contribution in [0.4, 0.5) is 10.5 Å². The van der Waals surface area contributed by atoms with Gasteiger partial charge in [-0.3, -0.25) is 24.2 Å². The summed E-state index contributed by atoms with van der Waals surface area (Å²) in [5, 5.41) is 4.11. The van der Waals surface area contributed by atoms with Crippen LogP contribution in [0.1, 0.15) is 11.8 Å². The normalized spacial score (nSPS) is 14.7. The molecule has 0 aromatic carbocycles. The van der Waals surface area contributed by atoms with Crippen LogP contribution in [0.2, 0.25) is 0 Å². The van der Waals surface area contributed by atoms with Gasteiger partial charge in [-0.1, -0.05) is 0 Å². The zero-order chi connectivity index (χ0) is 16.3. The molecule has 0 spiro atoms. The van der Waals surface area contributed by atoms with Gasteiger partial charge in [0, 0.05) is 29.9 Å². The maximum Gasteiger partial charge on any atom is 0.331 e. The number of hydrogen-bond acceptors (Lipinski definition) is 5. The molecule has 0 atom stereocenters. The van der Waals surface area contributed by atoms with Gasteiger partial charge in [0.25, 0.3) is 0 Å². The van der Waals surface area contributed by atoms with E-state index in [4.69, 9.17) is 5.73 Å². The molecule has 0 bridgehead atoms. The SMILES string of the molecule is CCN(C(=O)N1CCNC(=O)C1=O)c1csc(CC(N)=O)c1. The fourth-order valence-electron chi connectivity index (χ4n) is 2.11. The second-order valence-electron chi connectivity index (χ2n) is 4.65. The number of carbonyl (C=O) groups is 4. The van der Waals surface area contributed by atoms with Crippen molar-refractivity contribution in [3.8, 4) is 0 Å². The van der Waals surface area contributed by atoms with Crippen LogP contribution in [-0.2, 0) is 20.8 Å². The molecule has 0 radical (unpaired) electrons. The minimum Gasteiger partial charge on any atom is -0.369 e. The van der Waals surface area contributed by atoms with Crippen molar-refractivity contribution in [1.82, 2.24) is 10.2 Å². The number of hydrogen-bond donors (Lipinski definition) is 2. The third kappa shape index (κ3) is 3.25. The van der Waals surface area contributed by atoms with Crippen molar-refractivity contribution in [3.05, 3.63) is 16.3 Å².